The molecule has 1 amide bonds. The number of cyclic esters (lactones) is 1. The van der Waals surface area contributed by atoms with Gasteiger partial charge in [-0.3, -0.25) is 4.90 Å². The predicted molar refractivity (Wildman–Crippen MR) is 65.4 cm³/mol. The third kappa shape index (κ3) is 2.51. The molecule has 1 atom stereocenters. The third-order valence-corrected chi connectivity index (χ3v) is 2.68. The van der Waals surface area contributed by atoms with E-state index in [2.05, 4.69) is 0 Å². The third-order valence-electron chi connectivity index (χ3n) is 2.68. The van der Waals surface area contributed by atoms with Crippen LogP contribution in [0.5, 0.6) is 0 Å². The van der Waals surface area contributed by atoms with E-state index in [-0.39, 0.29) is 6.54 Å². The van der Waals surface area contributed by atoms with E-state index < -0.39 is 18.2 Å². The minimum Gasteiger partial charge on any atom is -0.465 e. The Bertz CT molecular complexity index is 495. The molecular weight excluding hydrogens is 234 g/mol. The van der Waals surface area contributed by atoms with Crippen molar-refractivity contribution in [2.24, 2.45) is 0 Å². The van der Waals surface area contributed by atoms with Gasteiger partial charge in [0.25, 0.3) is 0 Å². The van der Waals surface area contributed by atoms with Crippen molar-refractivity contribution < 1.29 is 19.4 Å². The molecule has 0 aliphatic carbocycles. The zero-order valence-corrected chi connectivity index (χ0v) is 9.87. The van der Waals surface area contributed by atoms with Crippen molar-refractivity contribution in [1.82, 2.24) is 0 Å². The highest BCUT2D eigenvalue weighted by molar-refractivity contribution is 5.91. The smallest absolute Gasteiger partial charge is 0.411 e. The molecule has 94 valence electrons. The molecule has 1 unspecified atom stereocenters. The van der Waals surface area contributed by atoms with Gasteiger partial charge < -0.3 is 9.84 Å². The van der Waals surface area contributed by atoms with Crippen molar-refractivity contribution in [2.45, 2.75) is 13.0 Å². The van der Waals surface area contributed by atoms with Gasteiger partial charge in [0.2, 0.25) is 0 Å². The van der Waals surface area contributed by atoms with Crippen LogP contribution in [0.25, 0.3) is 0 Å². The second kappa shape index (κ2) is 4.91. The Labute approximate surface area is 104 Å². The van der Waals surface area contributed by atoms with E-state index in [1.807, 2.05) is 6.07 Å². The molecule has 1 aromatic carbocycles. The molecule has 18 heavy (non-hydrogen) atoms. The number of amides is 1. The zero-order valence-electron chi connectivity index (χ0n) is 9.87. The quantitative estimate of drug-likeness (QED) is 0.830. The van der Waals surface area contributed by atoms with Crippen LogP contribution in [0.1, 0.15) is 6.92 Å². The maximum absolute atomic E-state index is 11.2. The Morgan fingerprint density at radius 2 is 2.06 bits per heavy atom. The van der Waals surface area contributed by atoms with Crippen LogP contribution >= 0.6 is 0 Å². The van der Waals surface area contributed by atoms with Gasteiger partial charge in [-0.15, -0.1) is 0 Å². The number of ether oxygens (including phenoxy) is 1. The van der Waals surface area contributed by atoms with Crippen molar-refractivity contribution in [3.05, 3.63) is 42.0 Å². The molecule has 1 aliphatic rings. The lowest BCUT2D eigenvalue weighted by Gasteiger charge is -2.21. The van der Waals surface area contributed by atoms with Crippen LogP contribution in [0.2, 0.25) is 0 Å². The minimum atomic E-state index is -1.07. The van der Waals surface area contributed by atoms with Crippen LogP contribution < -0.4 is 4.90 Å². The number of carboxylic acid groups (broad SMARTS) is 1. The molecule has 1 aliphatic heterocycles. The van der Waals surface area contributed by atoms with E-state index in [0.29, 0.717) is 11.3 Å². The summed E-state index contributed by atoms with van der Waals surface area (Å²) in [7, 11) is 0. The van der Waals surface area contributed by atoms with Crippen molar-refractivity contribution in [1.29, 1.82) is 0 Å². The summed E-state index contributed by atoms with van der Waals surface area (Å²) in [5.41, 5.74) is 1.07. The molecule has 0 radical (unpaired) electrons. The molecule has 0 fully saturated rings. The molecule has 2 rings (SSSR count). The first-order chi connectivity index (χ1) is 8.58. The number of benzene rings is 1. The first-order valence-electron chi connectivity index (χ1n) is 5.53. The van der Waals surface area contributed by atoms with Gasteiger partial charge in [0, 0.05) is 11.3 Å². The monoisotopic (exact) mass is 247 g/mol. The number of anilines is 1. The van der Waals surface area contributed by atoms with E-state index in [9.17, 15) is 14.7 Å². The van der Waals surface area contributed by atoms with E-state index in [4.69, 9.17) is 4.74 Å². The van der Waals surface area contributed by atoms with Gasteiger partial charge in [0.15, 0.2) is 0 Å². The van der Waals surface area contributed by atoms with Crippen LogP contribution in [0, 0.1) is 0 Å². The highest BCUT2D eigenvalue weighted by atomic mass is 16.5. The summed E-state index contributed by atoms with van der Waals surface area (Å²) in [5.74, 6) is -0.390. The Balaban J connectivity index is 2.14. The Hall–Kier alpha value is -2.30. The summed E-state index contributed by atoms with van der Waals surface area (Å²) >= 11 is 0. The summed E-state index contributed by atoms with van der Waals surface area (Å²) in [4.78, 5) is 23.6. The number of rotatable bonds is 3. The van der Waals surface area contributed by atoms with Crippen molar-refractivity contribution in [3.8, 4) is 0 Å². The van der Waals surface area contributed by atoms with Gasteiger partial charge in [-0.05, 0) is 25.1 Å². The number of esters is 1. The average Bonchev–Trinajstić information content (AvgIpc) is 2.66. The fourth-order valence-corrected chi connectivity index (χ4v) is 1.78. The van der Waals surface area contributed by atoms with Gasteiger partial charge in [0.1, 0.15) is 6.10 Å². The standard InChI is InChI=1S/C13H13NO4/c1-9-7-11(18-12(9)15)8-14(13(16)17)10-5-3-2-4-6-10/h2-7,11H,8H2,1H3,(H,16,17). The lowest BCUT2D eigenvalue weighted by Crippen LogP contribution is -2.36. The maximum atomic E-state index is 11.2. The zero-order chi connectivity index (χ0) is 13.1. The molecule has 0 saturated carbocycles. The molecular formula is C13H13NO4. The number of carbonyl (C=O) groups excluding carboxylic acids is 1. The molecule has 0 spiro atoms. The summed E-state index contributed by atoms with van der Waals surface area (Å²) in [6.45, 7) is 1.75. The summed E-state index contributed by atoms with van der Waals surface area (Å²) in [5, 5.41) is 9.18. The summed E-state index contributed by atoms with van der Waals surface area (Å²) in [6, 6.07) is 8.71. The normalized spacial score (nSPS) is 18.2. The predicted octanol–water partition coefficient (Wildman–Crippen LogP) is 2.04. The molecule has 1 N–H and O–H groups in total. The second-order valence-electron chi connectivity index (χ2n) is 4.02. The molecule has 0 saturated heterocycles. The van der Waals surface area contributed by atoms with Crippen molar-refractivity contribution >= 4 is 17.7 Å². The minimum absolute atomic E-state index is 0.0996. The molecule has 5 heteroatoms. The Morgan fingerprint density at radius 3 is 2.56 bits per heavy atom. The van der Waals surface area contributed by atoms with Gasteiger partial charge in [0.05, 0.1) is 6.54 Å². The van der Waals surface area contributed by atoms with Crippen LogP contribution in [0.15, 0.2) is 42.0 Å². The Kier molecular flexibility index (Phi) is 3.32. The molecule has 0 bridgehead atoms. The Morgan fingerprint density at radius 1 is 1.39 bits per heavy atom. The van der Waals surface area contributed by atoms with E-state index in [1.54, 1.807) is 37.3 Å². The number of hydrogen-bond acceptors (Lipinski definition) is 3. The lowest BCUT2D eigenvalue weighted by molar-refractivity contribution is -0.139. The molecule has 1 aromatic rings. The first kappa shape index (κ1) is 12.2. The van der Waals surface area contributed by atoms with Gasteiger partial charge >= 0.3 is 12.1 Å². The second-order valence-corrected chi connectivity index (χ2v) is 4.02. The van der Waals surface area contributed by atoms with Gasteiger partial charge in [-0.1, -0.05) is 18.2 Å². The SMILES string of the molecule is CC1=CC(CN(C(=O)O)c2ccccc2)OC1=O. The highest BCUT2D eigenvalue weighted by Crippen LogP contribution is 2.19. The van der Waals surface area contributed by atoms with E-state index >= 15 is 0 Å². The molecule has 5 nitrogen and oxygen atoms in total. The number of para-hydroxylation sites is 1. The van der Waals surface area contributed by atoms with Crippen LogP contribution in [0.3, 0.4) is 0 Å². The fraction of sp³-hybridized carbons (Fsp3) is 0.231. The van der Waals surface area contributed by atoms with Crippen LogP contribution in [0.4, 0.5) is 10.5 Å². The van der Waals surface area contributed by atoms with Crippen molar-refractivity contribution in [3.63, 3.8) is 0 Å². The number of carbonyl (C=O) groups is 2. The van der Waals surface area contributed by atoms with Gasteiger partial charge in [-0.2, -0.15) is 0 Å². The van der Waals surface area contributed by atoms with Crippen molar-refractivity contribution in [2.75, 3.05) is 11.4 Å². The lowest BCUT2D eigenvalue weighted by atomic mass is 10.2. The number of nitrogens with zero attached hydrogens (tertiary/aromatic N) is 1. The largest absolute Gasteiger partial charge is 0.465 e. The molecule has 1 heterocycles. The topological polar surface area (TPSA) is 66.8 Å². The van der Waals surface area contributed by atoms with E-state index in [0.717, 1.165) is 4.90 Å². The maximum Gasteiger partial charge on any atom is 0.411 e. The van der Waals surface area contributed by atoms with Crippen LogP contribution in [-0.2, 0) is 9.53 Å². The fourth-order valence-electron chi connectivity index (χ4n) is 1.78. The van der Waals surface area contributed by atoms with Crippen LogP contribution in [-0.4, -0.2) is 29.8 Å². The molecule has 0 aromatic heterocycles. The highest BCUT2D eigenvalue weighted by Gasteiger charge is 2.26. The van der Waals surface area contributed by atoms with E-state index in [1.165, 1.54) is 0 Å². The number of hydrogen-bond donors (Lipinski definition) is 1. The van der Waals surface area contributed by atoms with Gasteiger partial charge in [-0.25, -0.2) is 9.59 Å². The first-order valence-corrected chi connectivity index (χ1v) is 5.53. The summed E-state index contributed by atoms with van der Waals surface area (Å²) in [6.07, 6.45) is 0.0466. The summed E-state index contributed by atoms with van der Waals surface area (Å²) < 4.78 is 5.04. The average molecular weight is 247 g/mol.